The molecular formula is C16H27N5O2. The van der Waals surface area contributed by atoms with Crippen molar-refractivity contribution in [2.75, 3.05) is 39.5 Å². The SMILES string of the molecule is Cc1nc(N)nc(C)c1CC(=O)N1CCC[C@](O)(CN(C)C)C1. The zero-order valence-corrected chi connectivity index (χ0v) is 14.5. The van der Waals surface area contributed by atoms with Gasteiger partial charge in [-0.2, -0.15) is 0 Å². The lowest BCUT2D eigenvalue weighted by Gasteiger charge is -2.40. The zero-order valence-electron chi connectivity index (χ0n) is 14.5. The van der Waals surface area contributed by atoms with Gasteiger partial charge in [0.25, 0.3) is 0 Å². The van der Waals surface area contributed by atoms with Crippen LogP contribution in [0.25, 0.3) is 0 Å². The quantitative estimate of drug-likeness (QED) is 0.818. The van der Waals surface area contributed by atoms with Gasteiger partial charge in [0.2, 0.25) is 11.9 Å². The second kappa shape index (κ2) is 6.80. The molecule has 0 bridgehead atoms. The molecule has 7 heteroatoms. The van der Waals surface area contributed by atoms with Gasteiger partial charge in [0.1, 0.15) is 0 Å². The summed E-state index contributed by atoms with van der Waals surface area (Å²) in [6.45, 7) is 5.29. The predicted molar refractivity (Wildman–Crippen MR) is 88.9 cm³/mol. The number of nitrogens with two attached hydrogens (primary N) is 1. The molecular weight excluding hydrogens is 294 g/mol. The third-order valence-corrected chi connectivity index (χ3v) is 4.28. The van der Waals surface area contributed by atoms with Crippen molar-refractivity contribution in [1.82, 2.24) is 19.8 Å². The lowest BCUT2D eigenvalue weighted by Crippen LogP contribution is -2.55. The van der Waals surface area contributed by atoms with Crippen LogP contribution in [0.15, 0.2) is 0 Å². The highest BCUT2D eigenvalue weighted by Gasteiger charge is 2.35. The van der Waals surface area contributed by atoms with E-state index in [1.165, 1.54) is 0 Å². The first-order valence-corrected chi connectivity index (χ1v) is 7.95. The van der Waals surface area contributed by atoms with E-state index in [4.69, 9.17) is 5.73 Å². The number of likely N-dealkylation sites (tertiary alicyclic amines) is 1. The summed E-state index contributed by atoms with van der Waals surface area (Å²) in [5.74, 6) is 0.232. The van der Waals surface area contributed by atoms with Crippen molar-refractivity contribution in [3.05, 3.63) is 17.0 Å². The first-order chi connectivity index (χ1) is 10.7. The van der Waals surface area contributed by atoms with Gasteiger partial charge in [-0.3, -0.25) is 4.79 Å². The Bertz CT molecular complexity index is 567. The molecule has 1 aromatic rings. The van der Waals surface area contributed by atoms with Crippen molar-refractivity contribution in [2.24, 2.45) is 0 Å². The van der Waals surface area contributed by atoms with E-state index >= 15 is 0 Å². The second-order valence-corrected chi connectivity index (χ2v) is 6.79. The molecule has 2 heterocycles. The topological polar surface area (TPSA) is 95.6 Å². The van der Waals surface area contributed by atoms with E-state index in [1.54, 1.807) is 4.90 Å². The fourth-order valence-corrected chi connectivity index (χ4v) is 3.33. The number of piperidine rings is 1. The molecule has 0 radical (unpaired) electrons. The van der Waals surface area contributed by atoms with E-state index < -0.39 is 5.60 Å². The van der Waals surface area contributed by atoms with Gasteiger partial charge >= 0.3 is 0 Å². The number of aliphatic hydroxyl groups is 1. The summed E-state index contributed by atoms with van der Waals surface area (Å²) < 4.78 is 0. The Morgan fingerprint density at radius 3 is 2.52 bits per heavy atom. The molecule has 0 aromatic carbocycles. The normalized spacial score (nSPS) is 21.7. The smallest absolute Gasteiger partial charge is 0.227 e. The number of rotatable bonds is 4. The fraction of sp³-hybridized carbons (Fsp3) is 0.688. The highest BCUT2D eigenvalue weighted by Crippen LogP contribution is 2.23. The summed E-state index contributed by atoms with van der Waals surface area (Å²) in [5, 5.41) is 10.7. The number of anilines is 1. The lowest BCUT2D eigenvalue weighted by atomic mass is 9.92. The molecule has 1 aliphatic rings. The van der Waals surface area contributed by atoms with Crippen molar-refractivity contribution in [2.45, 2.75) is 38.7 Å². The van der Waals surface area contributed by atoms with E-state index in [2.05, 4.69) is 9.97 Å². The van der Waals surface area contributed by atoms with Gasteiger partial charge in [-0.15, -0.1) is 0 Å². The van der Waals surface area contributed by atoms with Gasteiger partial charge in [0.15, 0.2) is 0 Å². The molecule has 0 aliphatic carbocycles. The standard InChI is InChI=1S/C16H27N5O2/c1-11-13(12(2)19-15(17)18-11)8-14(22)21-7-5-6-16(23,10-21)9-20(3)4/h23H,5-10H2,1-4H3,(H2,17,18,19)/t16-/m0/s1. The molecule has 0 spiro atoms. The number of hydrogen-bond acceptors (Lipinski definition) is 6. The maximum absolute atomic E-state index is 12.6. The van der Waals surface area contributed by atoms with Crippen molar-refractivity contribution in [3.63, 3.8) is 0 Å². The number of nitrogen functional groups attached to an aromatic ring is 1. The molecule has 1 aromatic heterocycles. The minimum absolute atomic E-state index is 0.00134. The largest absolute Gasteiger partial charge is 0.387 e. The zero-order chi connectivity index (χ0) is 17.2. The molecule has 1 saturated heterocycles. The predicted octanol–water partition coefficient (Wildman–Crippen LogP) is 0.133. The Kier molecular flexibility index (Phi) is 5.21. The summed E-state index contributed by atoms with van der Waals surface area (Å²) in [5.41, 5.74) is 7.10. The highest BCUT2D eigenvalue weighted by atomic mass is 16.3. The number of hydrogen-bond donors (Lipinski definition) is 2. The highest BCUT2D eigenvalue weighted by molar-refractivity contribution is 5.79. The number of carbonyl (C=O) groups is 1. The van der Waals surface area contributed by atoms with Crippen molar-refractivity contribution in [3.8, 4) is 0 Å². The van der Waals surface area contributed by atoms with Gasteiger partial charge in [0.05, 0.1) is 18.6 Å². The van der Waals surface area contributed by atoms with Crippen LogP contribution in [-0.4, -0.2) is 70.1 Å². The van der Waals surface area contributed by atoms with Crippen LogP contribution in [0.2, 0.25) is 0 Å². The molecule has 2 rings (SSSR count). The summed E-state index contributed by atoms with van der Waals surface area (Å²) in [6.07, 6.45) is 1.78. The van der Waals surface area contributed by atoms with Crippen LogP contribution in [0.3, 0.4) is 0 Å². The van der Waals surface area contributed by atoms with Crippen LogP contribution < -0.4 is 5.73 Å². The van der Waals surface area contributed by atoms with Crippen molar-refractivity contribution < 1.29 is 9.90 Å². The number of aryl methyl sites for hydroxylation is 2. The first kappa shape index (κ1) is 17.6. The number of likely N-dealkylation sites (N-methyl/N-ethyl adjacent to an activating group) is 1. The van der Waals surface area contributed by atoms with E-state index in [0.717, 1.165) is 29.8 Å². The second-order valence-electron chi connectivity index (χ2n) is 6.79. The summed E-state index contributed by atoms with van der Waals surface area (Å²) in [4.78, 5) is 24.6. The Morgan fingerprint density at radius 1 is 1.35 bits per heavy atom. The Morgan fingerprint density at radius 2 is 1.96 bits per heavy atom. The van der Waals surface area contributed by atoms with Crippen LogP contribution in [0.4, 0.5) is 5.95 Å². The molecule has 3 N–H and O–H groups in total. The molecule has 0 saturated carbocycles. The van der Waals surface area contributed by atoms with Crippen LogP contribution in [-0.2, 0) is 11.2 Å². The van der Waals surface area contributed by atoms with E-state index in [-0.39, 0.29) is 18.3 Å². The Balaban J connectivity index is 2.09. The molecule has 0 unspecified atom stereocenters. The summed E-state index contributed by atoms with van der Waals surface area (Å²) >= 11 is 0. The Hall–Kier alpha value is -1.73. The maximum Gasteiger partial charge on any atom is 0.227 e. The minimum atomic E-state index is -0.834. The number of carbonyl (C=O) groups excluding carboxylic acids is 1. The minimum Gasteiger partial charge on any atom is -0.387 e. The number of β-amino-alcohol motifs (C(OH)–C–C–N with tert-alkyl or cyclic N) is 1. The van der Waals surface area contributed by atoms with Crippen molar-refractivity contribution in [1.29, 1.82) is 0 Å². The monoisotopic (exact) mass is 321 g/mol. The summed E-state index contributed by atoms with van der Waals surface area (Å²) in [6, 6.07) is 0. The first-order valence-electron chi connectivity index (χ1n) is 7.95. The Labute approximate surface area is 137 Å². The van der Waals surface area contributed by atoms with Crippen molar-refractivity contribution >= 4 is 11.9 Å². The molecule has 128 valence electrons. The van der Waals surface area contributed by atoms with Crippen LogP contribution >= 0.6 is 0 Å². The van der Waals surface area contributed by atoms with E-state index in [9.17, 15) is 9.90 Å². The van der Waals surface area contributed by atoms with Crippen LogP contribution in [0, 0.1) is 13.8 Å². The molecule has 1 aliphatic heterocycles. The fourth-order valence-electron chi connectivity index (χ4n) is 3.33. The third-order valence-electron chi connectivity index (χ3n) is 4.28. The third kappa shape index (κ3) is 4.39. The van der Waals surface area contributed by atoms with E-state index in [1.807, 2.05) is 32.8 Å². The molecule has 1 amide bonds. The molecule has 1 atom stereocenters. The molecule has 7 nitrogen and oxygen atoms in total. The molecule has 1 fully saturated rings. The van der Waals surface area contributed by atoms with Crippen LogP contribution in [0.5, 0.6) is 0 Å². The van der Waals surface area contributed by atoms with Gasteiger partial charge in [-0.05, 0) is 40.8 Å². The van der Waals surface area contributed by atoms with Gasteiger partial charge in [-0.25, -0.2) is 9.97 Å². The van der Waals surface area contributed by atoms with Crippen LogP contribution in [0.1, 0.15) is 29.8 Å². The van der Waals surface area contributed by atoms with Gasteiger partial charge < -0.3 is 20.6 Å². The van der Waals surface area contributed by atoms with Gasteiger partial charge in [-0.1, -0.05) is 0 Å². The summed E-state index contributed by atoms with van der Waals surface area (Å²) in [7, 11) is 3.86. The molecule has 23 heavy (non-hydrogen) atoms. The van der Waals surface area contributed by atoms with Gasteiger partial charge in [0, 0.05) is 30.0 Å². The lowest BCUT2D eigenvalue weighted by molar-refractivity contribution is -0.138. The number of aromatic nitrogens is 2. The average Bonchev–Trinajstić information content (AvgIpc) is 2.41. The number of amides is 1. The number of nitrogens with zero attached hydrogens (tertiary/aromatic N) is 4. The average molecular weight is 321 g/mol. The maximum atomic E-state index is 12.6. The van der Waals surface area contributed by atoms with E-state index in [0.29, 0.717) is 19.6 Å².